The van der Waals surface area contributed by atoms with Gasteiger partial charge in [-0.1, -0.05) is 52.3 Å². The Labute approximate surface area is 159 Å². The van der Waals surface area contributed by atoms with Crippen LogP contribution in [0.3, 0.4) is 0 Å². The number of halogens is 1. The molecule has 26 heavy (non-hydrogen) atoms. The number of aliphatic carboxylic acids is 1. The summed E-state index contributed by atoms with van der Waals surface area (Å²) in [5.41, 5.74) is 1.15. The highest BCUT2D eigenvalue weighted by atomic mass is 79.9. The van der Waals surface area contributed by atoms with Gasteiger partial charge in [-0.15, -0.1) is 0 Å². The van der Waals surface area contributed by atoms with Gasteiger partial charge in [0.15, 0.2) is 0 Å². The average molecular weight is 417 g/mol. The average Bonchev–Trinajstić information content (AvgIpc) is 2.61. The van der Waals surface area contributed by atoms with E-state index in [1.807, 2.05) is 18.2 Å². The van der Waals surface area contributed by atoms with Crippen molar-refractivity contribution < 1.29 is 19.5 Å². The molecule has 2 aromatic carbocycles. The predicted molar refractivity (Wildman–Crippen MR) is 101 cm³/mol. The molecule has 0 bridgehead atoms. The second kappa shape index (κ2) is 9.53. The molecule has 0 atom stereocenters. The molecular formula is C19H17BrN2O4. The van der Waals surface area contributed by atoms with Crippen molar-refractivity contribution in [2.75, 3.05) is 6.54 Å². The van der Waals surface area contributed by atoms with Crippen LogP contribution in [0.4, 0.5) is 0 Å². The number of carboxylic acids is 1. The van der Waals surface area contributed by atoms with Crippen LogP contribution in [0.15, 0.2) is 64.8 Å². The Balaban J connectivity index is 2.20. The molecule has 0 aliphatic carbocycles. The largest absolute Gasteiger partial charge is 0.481 e. The molecular weight excluding hydrogens is 400 g/mol. The second-order valence-electron chi connectivity index (χ2n) is 5.33. The van der Waals surface area contributed by atoms with Crippen LogP contribution >= 0.6 is 15.9 Å². The molecule has 134 valence electrons. The van der Waals surface area contributed by atoms with Crippen molar-refractivity contribution in [3.05, 3.63) is 75.9 Å². The Morgan fingerprint density at radius 2 is 1.77 bits per heavy atom. The van der Waals surface area contributed by atoms with Gasteiger partial charge in [-0.2, -0.15) is 0 Å². The molecule has 0 aromatic heterocycles. The van der Waals surface area contributed by atoms with Gasteiger partial charge in [0.2, 0.25) is 0 Å². The fourth-order valence-electron chi connectivity index (χ4n) is 2.08. The lowest BCUT2D eigenvalue weighted by atomic mass is 10.1. The standard InChI is InChI=1S/C19H17BrN2O4/c20-15-8-4-7-14(12-15)18(25)22-16(11-13-5-2-1-3-6-13)19(26)21-10-9-17(23)24/h1-8,11-12H,9-10H2,(H,21,26)(H,22,25)(H,23,24). The highest BCUT2D eigenvalue weighted by Gasteiger charge is 2.15. The molecule has 0 saturated carbocycles. The Morgan fingerprint density at radius 1 is 1.04 bits per heavy atom. The smallest absolute Gasteiger partial charge is 0.305 e. The molecule has 0 fully saturated rings. The molecule has 0 radical (unpaired) electrons. The van der Waals surface area contributed by atoms with Crippen molar-refractivity contribution >= 4 is 39.8 Å². The van der Waals surface area contributed by atoms with Gasteiger partial charge in [0.05, 0.1) is 6.42 Å². The molecule has 0 unspecified atom stereocenters. The van der Waals surface area contributed by atoms with Gasteiger partial charge < -0.3 is 15.7 Å². The molecule has 0 spiro atoms. The number of rotatable bonds is 7. The lowest BCUT2D eigenvalue weighted by molar-refractivity contribution is -0.136. The first-order valence-electron chi connectivity index (χ1n) is 7.79. The van der Waals surface area contributed by atoms with E-state index < -0.39 is 17.8 Å². The summed E-state index contributed by atoms with van der Waals surface area (Å²) in [6, 6.07) is 15.8. The van der Waals surface area contributed by atoms with Crippen molar-refractivity contribution in [2.45, 2.75) is 6.42 Å². The van der Waals surface area contributed by atoms with Crippen LogP contribution in [0.25, 0.3) is 6.08 Å². The first-order valence-corrected chi connectivity index (χ1v) is 8.58. The molecule has 7 heteroatoms. The summed E-state index contributed by atoms with van der Waals surface area (Å²) in [7, 11) is 0. The Hall–Kier alpha value is -2.93. The number of hydrogen-bond acceptors (Lipinski definition) is 3. The summed E-state index contributed by atoms with van der Waals surface area (Å²) in [6.45, 7) is -0.0347. The quantitative estimate of drug-likeness (QED) is 0.604. The molecule has 2 aromatic rings. The van der Waals surface area contributed by atoms with Gasteiger partial charge in [-0.3, -0.25) is 14.4 Å². The van der Waals surface area contributed by atoms with Gasteiger partial charge in [-0.25, -0.2) is 0 Å². The third-order valence-electron chi connectivity index (χ3n) is 3.31. The first kappa shape index (κ1) is 19.4. The van der Waals surface area contributed by atoms with Crippen molar-refractivity contribution in [3.8, 4) is 0 Å². The number of carbonyl (C=O) groups is 3. The second-order valence-corrected chi connectivity index (χ2v) is 6.25. The first-order chi connectivity index (χ1) is 12.5. The normalized spacial score (nSPS) is 10.9. The number of hydrogen-bond donors (Lipinski definition) is 3. The van der Waals surface area contributed by atoms with Gasteiger partial charge in [0, 0.05) is 16.6 Å². The number of amides is 2. The van der Waals surface area contributed by atoms with Crippen LogP contribution in [0.5, 0.6) is 0 Å². The van der Waals surface area contributed by atoms with E-state index in [9.17, 15) is 14.4 Å². The lowest BCUT2D eigenvalue weighted by Gasteiger charge is -2.11. The molecule has 0 heterocycles. The summed E-state index contributed by atoms with van der Waals surface area (Å²) in [4.78, 5) is 35.4. The summed E-state index contributed by atoms with van der Waals surface area (Å²) in [5.74, 6) is -2.02. The van der Waals surface area contributed by atoms with E-state index in [-0.39, 0.29) is 18.7 Å². The van der Waals surface area contributed by atoms with Crippen LogP contribution in [-0.4, -0.2) is 29.4 Å². The van der Waals surface area contributed by atoms with E-state index in [2.05, 4.69) is 26.6 Å². The molecule has 0 aliphatic heterocycles. The molecule has 0 saturated heterocycles. The summed E-state index contributed by atoms with van der Waals surface area (Å²) in [5, 5.41) is 13.8. The lowest BCUT2D eigenvalue weighted by Crippen LogP contribution is -2.35. The van der Waals surface area contributed by atoms with Crippen molar-refractivity contribution in [1.29, 1.82) is 0 Å². The zero-order chi connectivity index (χ0) is 18.9. The third-order valence-corrected chi connectivity index (χ3v) is 3.81. The molecule has 6 nitrogen and oxygen atoms in total. The zero-order valence-electron chi connectivity index (χ0n) is 13.7. The highest BCUT2D eigenvalue weighted by Crippen LogP contribution is 2.12. The van der Waals surface area contributed by atoms with E-state index in [1.165, 1.54) is 6.08 Å². The number of carboxylic acid groups (broad SMARTS) is 1. The maximum absolute atomic E-state index is 12.4. The number of carbonyl (C=O) groups excluding carboxylic acids is 2. The Kier molecular flexibility index (Phi) is 7.11. The number of nitrogens with one attached hydrogen (secondary N) is 2. The highest BCUT2D eigenvalue weighted by molar-refractivity contribution is 9.10. The Morgan fingerprint density at radius 3 is 2.42 bits per heavy atom. The zero-order valence-corrected chi connectivity index (χ0v) is 15.3. The fraction of sp³-hybridized carbons (Fsp3) is 0.105. The number of benzene rings is 2. The van der Waals surface area contributed by atoms with E-state index in [1.54, 1.807) is 36.4 Å². The van der Waals surface area contributed by atoms with Gasteiger partial charge >= 0.3 is 5.97 Å². The minimum Gasteiger partial charge on any atom is -0.481 e. The minimum absolute atomic E-state index is 0.0339. The Bertz CT molecular complexity index is 834. The van der Waals surface area contributed by atoms with Crippen LogP contribution in [0.1, 0.15) is 22.3 Å². The van der Waals surface area contributed by atoms with E-state index in [0.29, 0.717) is 5.56 Å². The van der Waals surface area contributed by atoms with Gasteiger partial charge in [0.1, 0.15) is 5.70 Å². The van der Waals surface area contributed by atoms with E-state index in [4.69, 9.17) is 5.11 Å². The topological polar surface area (TPSA) is 95.5 Å². The summed E-state index contributed by atoms with van der Waals surface area (Å²) < 4.78 is 0.740. The van der Waals surface area contributed by atoms with E-state index in [0.717, 1.165) is 10.0 Å². The summed E-state index contributed by atoms with van der Waals surface area (Å²) >= 11 is 3.30. The molecule has 2 rings (SSSR count). The van der Waals surface area contributed by atoms with Crippen LogP contribution < -0.4 is 10.6 Å². The molecule has 2 amide bonds. The van der Waals surface area contributed by atoms with Crippen molar-refractivity contribution in [2.24, 2.45) is 0 Å². The molecule has 3 N–H and O–H groups in total. The predicted octanol–water partition coefficient (Wildman–Crippen LogP) is 2.81. The monoisotopic (exact) mass is 416 g/mol. The van der Waals surface area contributed by atoms with Crippen LogP contribution in [0.2, 0.25) is 0 Å². The maximum Gasteiger partial charge on any atom is 0.305 e. The minimum atomic E-state index is -1.02. The maximum atomic E-state index is 12.4. The van der Waals surface area contributed by atoms with Crippen molar-refractivity contribution in [3.63, 3.8) is 0 Å². The fourth-order valence-corrected chi connectivity index (χ4v) is 2.48. The van der Waals surface area contributed by atoms with Crippen LogP contribution in [-0.2, 0) is 9.59 Å². The van der Waals surface area contributed by atoms with Crippen molar-refractivity contribution in [1.82, 2.24) is 10.6 Å². The molecule has 0 aliphatic rings. The third kappa shape index (κ3) is 6.18. The van der Waals surface area contributed by atoms with Gasteiger partial charge in [-0.05, 0) is 29.8 Å². The van der Waals surface area contributed by atoms with E-state index >= 15 is 0 Å². The summed E-state index contributed by atoms with van der Waals surface area (Å²) in [6.07, 6.45) is 1.33. The van der Waals surface area contributed by atoms with Gasteiger partial charge in [0.25, 0.3) is 11.8 Å². The van der Waals surface area contributed by atoms with Crippen LogP contribution in [0, 0.1) is 0 Å². The SMILES string of the molecule is O=C(O)CCNC(=O)C(=Cc1ccccc1)NC(=O)c1cccc(Br)c1.